The van der Waals surface area contributed by atoms with Crippen LogP contribution in [0.2, 0.25) is 0 Å². The molecule has 7 heteroatoms. The molecular weight excluding hydrogens is 334 g/mol. The number of benzene rings is 1. The number of alkyl halides is 1. The maximum atomic E-state index is 5.26. The van der Waals surface area contributed by atoms with Gasteiger partial charge in [0.1, 0.15) is 6.54 Å². The van der Waals surface area contributed by atoms with Crippen LogP contribution < -0.4 is 0 Å². The second-order valence-corrected chi connectivity index (χ2v) is 6.21. The Kier molecular flexibility index (Phi) is 3.83. The van der Waals surface area contributed by atoms with E-state index in [1.807, 2.05) is 44.3 Å². The van der Waals surface area contributed by atoms with Gasteiger partial charge in [-0.3, -0.25) is 0 Å². The molecule has 2 aromatic heterocycles. The zero-order chi connectivity index (χ0) is 14.8. The first-order chi connectivity index (χ1) is 10.1. The van der Waals surface area contributed by atoms with Gasteiger partial charge in [0.2, 0.25) is 11.7 Å². The monoisotopic (exact) mass is 347 g/mol. The average molecular weight is 348 g/mol. The van der Waals surface area contributed by atoms with Gasteiger partial charge in [0.05, 0.1) is 16.7 Å². The van der Waals surface area contributed by atoms with Crippen LogP contribution in [-0.2, 0) is 6.54 Å². The van der Waals surface area contributed by atoms with Crippen molar-refractivity contribution < 1.29 is 4.52 Å². The first kappa shape index (κ1) is 13.9. The van der Waals surface area contributed by atoms with Crippen molar-refractivity contribution in [2.24, 2.45) is 0 Å². The number of aromatic nitrogens is 5. The smallest absolute Gasteiger partial charge is 0.248 e. The van der Waals surface area contributed by atoms with E-state index in [0.29, 0.717) is 18.3 Å². The van der Waals surface area contributed by atoms with E-state index in [4.69, 9.17) is 4.52 Å². The highest BCUT2D eigenvalue weighted by Gasteiger charge is 2.11. The van der Waals surface area contributed by atoms with Crippen molar-refractivity contribution in [3.05, 3.63) is 47.6 Å². The Bertz CT molecular complexity index is 732. The number of aryl methyl sites for hydroxylation is 1. The molecule has 0 aliphatic carbocycles. The lowest BCUT2D eigenvalue weighted by atomic mass is 10.1. The van der Waals surface area contributed by atoms with Gasteiger partial charge >= 0.3 is 0 Å². The molecule has 108 valence electrons. The lowest BCUT2D eigenvalue weighted by molar-refractivity contribution is 0.364. The van der Waals surface area contributed by atoms with E-state index in [9.17, 15) is 0 Å². The minimum Gasteiger partial charge on any atom is -0.337 e. The first-order valence-corrected chi connectivity index (χ1v) is 7.47. The molecule has 0 aliphatic heterocycles. The van der Waals surface area contributed by atoms with Crippen molar-refractivity contribution in [1.29, 1.82) is 0 Å². The molecule has 0 bridgehead atoms. The van der Waals surface area contributed by atoms with Crippen molar-refractivity contribution in [2.45, 2.75) is 25.2 Å². The third kappa shape index (κ3) is 3.18. The fourth-order valence-electron chi connectivity index (χ4n) is 1.85. The highest BCUT2D eigenvalue weighted by molar-refractivity contribution is 9.09. The van der Waals surface area contributed by atoms with E-state index in [0.717, 1.165) is 11.3 Å². The number of rotatable bonds is 4. The van der Waals surface area contributed by atoms with Gasteiger partial charge in [0, 0.05) is 5.56 Å². The van der Waals surface area contributed by atoms with Crippen molar-refractivity contribution >= 4 is 15.9 Å². The van der Waals surface area contributed by atoms with Crippen LogP contribution in [0.4, 0.5) is 0 Å². The molecule has 0 amide bonds. The summed E-state index contributed by atoms with van der Waals surface area (Å²) < 4.78 is 6.94. The van der Waals surface area contributed by atoms with Gasteiger partial charge < -0.3 is 4.52 Å². The van der Waals surface area contributed by atoms with Crippen LogP contribution in [0.1, 0.15) is 28.9 Å². The molecule has 0 saturated heterocycles. The normalized spacial score (nSPS) is 12.5. The van der Waals surface area contributed by atoms with Crippen LogP contribution in [0, 0.1) is 6.92 Å². The van der Waals surface area contributed by atoms with Crippen LogP contribution in [-0.4, -0.2) is 25.1 Å². The molecule has 0 fully saturated rings. The second-order valence-electron chi connectivity index (χ2n) is 4.83. The Hall–Kier alpha value is -2.02. The van der Waals surface area contributed by atoms with Crippen LogP contribution in [0.3, 0.4) is 0 Å². The number of nitrogens with zero attached hydrogens (tertiary/aromatic N) is 5. The Labute approximate surface area is 130 Å². The second kappa shape index (κ2) is 5.77. The van der Waals surface area contributed by atoms with Crippen molar-refractivity contribution in [2.75, 3.05) is 0 Å². The summed E-state index contributed by atoms with van der Waals surface area (Å²) in [6, 6.07) is 7.99. The van der Waals surface area contributed by atoms with E-state index >= 15 is 0 Å². The molecular formula is C14H14BrN5O. The quantitative estimate of drug-likeness (QED) is 0.678. The van der Waals surface area contributed by atoms with E-state index in [2.05, 4.69) is 36.4 Å². The van der Waals surface area contributed by atoms with Gasteiger partial charge in [-0.05, 0) is 13.8 Å². The molecule has 6 nitrogen and oxygen atoms in total. The molecule has 1 aromatic carbocycles. The minimum atomic E-state index is 0.164. The summed E-state index contributed by atoms with van der Waals surface area (Å²) in [7, 11) is 0. The molecule has 0 radical (unpaired) electrons. The van der Waals surface area contributed by atoms with Gasteiger partial charge in [-0.1, -0.05) is 56.1 Å². The van der Waals surface area contributed by atoms with Gasteiger partial charge in [0.15, 0.2) is 0 Å². The molecule has 1 atom stereocenters. The third-order valence-electron chi connectivity index (χ3n) is 3.04. The summed E-state index contributed by atoms with van der Waals surface area (Å²) >= 11 is 3.45. The molecule has 0 N–H and O–H groups in total. The van der Waals surface area contributed by atoms with Gasteiger partial charge in [-0.15, -0.1) is 5.10 Å². The van der Waals surface area contributed by atoms with Crippen molar-refractivity contribution in [1.82, 2.24) is 25.1 Å². The van der Waals surface area contributed by atoms with Crippen LogP contribution in [0.15, 0.2) is 35.0 Å². The molecule has 2 heterocycles. The predicted molar refractivity (Wildman–Crippen MR) is 80.9 cm³/mol. The standard InChI is InChI=1S/C14H14BrN5O/c1-9-3-5-11(6-4-9)14-16-13(21-18-14)8-20-7-12(10(2)15)17-19-20/h3-7,10H,8H2,1-2H3. The Balaban J connectivity index is 1.76. The van der Waals surface area contributed by atoms with E-state index in [1.54, 1.807) is 4.68 Å². The zero-order valence-electron chi connectivity index (χ0n) is 11.7. The predicted octanol–water partition coefficient (Wildman–Crippen LogP) is 3.14. The summed E-state index contributed by atoms with van der Waals surface area (Å²) in [6.45, 7) is 4.45. The van der Waals surface area contributed by atoms with E-state index in [1.165, 1.54) is 5.56 Å². The summed E-state index contributed by atoms with van der Waals surface area (Å²) in [5, 5.41) is 12.1. The molecule has 3 aromatic rings. The maximum Gasteiger partial charge on any atom is 0.248 e. The van der Waals surface area contributed by atoms with Gasteiger partial charge in [0.25, 0.3) is 0 Å². The lowest BCUT2D eigenvalue weighted by Gasteiger charge is -1.95. The zero-order valence-corrected chi connectivity index (χ0v) is 13.3. The molecule has 3 rings (SSSR count). The molecule has 0 spiro atoms. The number of hydrogen-bond donors (Lipinski definition) is 0. The fourth-order valence-corrected chi connectivity index (χ4v) is 2.06. The highest BCUT2D eigenvalue weighted by atomic mass is 79.9. The Morgan fingerprint density at radius 3 is 2.71 bits per heavy atom. The SMILES string of the molecule is Cc1ccc(-c2noc(Cn3cc(C(C)Br)nn3)n2)cc1. The Morgan fingerprint density at radius 2 is 2.05 bits per heavy atom. The summed E-state index contributed by atoms with van der Waals surface area (Å²) in [4.78, 5) is 4.55. The fraction of sp³-hybridized carbons (Fsp3) is 0.286. The molecule has 21 heavy (non-hydrogen) atoms. The van der Waals surface area contributed by atoms with Crippen LogP contribution in [0.5, 0.6) is 0 Å². The topological polar surface area (TPSA) is 69.6 Å². The number of halogens is 1. The third-order valence-corrected chi connectivity index (χ3v) is 3.51. The molecule has 0 aliphatic rings. The minimum absolute atomic E-state index is 0.164. The average Bonchev–Trinajstić information content (AvgIpc) is 3.10. The number of hydrogen-bond acceptors (Lipinski definition) is 5. The molecule has 1 unspecified atom stereocenters. The van der Waals surface area contributed by atoms with Crippen LogP contribution >= 0.6 is 15.9 Å². The summed E-state index contributed by atoms with van der Waals surface area (Å²) in [6.07, 6.45) is 1.86. The largest absolute Gasteiger partial charge is 0.337 e. The highest BCUT2D eigenvalue weighted by Crippen LogP contribution is 2.19. The van der Waals surface area contributed by atoms with Crippen molar-refractivity contribution in [3.8, 4) is 11.4 Å². The summed E-state index contributed by atoms with van der Waals surface area (Å²) in [5.41, 5.74) is 3.00. The Morgan fingerprint density at radius 1 is 1.29 bits per heavy atom. The first-order valence-electron chi connectivity index (χ1n) is 6.55. The van der Waals surface area contributed by atoms with Gasteiger partial charge in [-0.25, -0.2) is 4.68 Å². The summed E-state index contributed by atoms with van der Waals surface area (Å²) in [5.74, 6) is 1.09. The maximum absolute atomic E-state index is 5.26. The van der Waals surface area contributed by atoms with E-state index in [-0.39, 0.29) is 4.83 Å². The van der Waals surface area contributed by atoms with E-state index < -0.39 is 0 Å². The molecule has 0 saturated carbocycles. The lowest BCUT2D eigenvalue weighted by Crippen LogP contribution is -2.00. The van der Waals surface area contributed by atoms with Crippen LogP contribution in [0.25, 0.3) is 11.4 Å². The van der Waals surface area contributed by atoms with Gasteiger partial charge in [-0.2, -0.15) is 4.98 Å². The van der Waals surface area contributed by atoms with Crippen molar-refractivity contribution in [3.63, 3.8) is 0 Å².